The molecule has 0 bridgehead atoms. The quantitative estimate of drug-likeness (QED) is 0.740. The Hall–Kier alpha value is -0.610. The summed E-state index contributed by atoms with van der Waals surface area (Å²) in [4.78, 5) is 13.7. The lowest BCUT2D eigenvalue weighted by Gasteiger charge is -2.21. The first-order valence-electron chi connectivity index (χ1n) is 6.13. The number of amides is 1. The van der Waals surface area contributed by atoms with Gasteiger partial charge in [-0.15, -0.1) is 0 Å². The Kier molecular flexibility index (Phi) is 4.74. The van der Waals surface area contributed by atoms with Crippen LogP contribution in [0.4, 0.5) is 0 Å². The van der Waals surface area contributed by atoms with Crippen molar-refractivity contribution in [3.05, 3.63) is 0 Å². The number of carbonyl (C=O) groups excluding carboxylic acids is 1. The second-order valence-electron chi connectivity index (χ2n) is 5.24. The summed E-state index contributed by atoms with van der Waals surface area (Å²) in [5.74, 6) is 0.697. The second-order valence-corrected chi connectivity index (χ2v) is 5.24. The zero-order valence-corrected chi connectivity index (χ0v) is 10.5. The van der Waals surface area contributed by atoms with E-state index in [1.807, 2.05) is 18.7 Å². The van der Waals surface area contributed by atoms with Gasteiger partial charge in [0, 0.05) is 31.5 Å². The number of nitrogens with two attached hydrogens (primary N) is 1. The molecule has 0 aromatic rings. The molecule has 1 aliphatic heterocycles. The Balaban J connectivity index is 2.39. The van der Waals surface area contributed by atoms with Crippen LogP contribution in [0.5, 0.6) is 0 Å². The van der Waals surface area contributed by atoms with E-state index in [2.05, 4.69) is 0 Å². The predicted molar refractivity (Wildman–Crippen MR) is 63.8 cm³/mol. The van der Waals surface area contributed by atoms with Crippen molar-refractivity contribution in [1.29, 1.82) is 0 Å². The summed E-state index contributed by atoms with van der Waals surface area (Å²) >= 11 is 0. The van der Waals surface area contributed by atoms with Gasteiger partial charge in [-0.05, 0) is 19.3 Å². The number of aliphatic hydroxyl groups excluding tert-OH is 1. The van der Waals surface area contributed by atoms with Crippen LogP contribution in [-0.2, 0) is 4.79 Å². The fourth-order valence-corrected chi connectivity index (χ4v) is 1.97. The van der Waals surface area contributed by atoms with Crippen molar-refractivity contribution >= 4 is 5.91 Å². The number of rotatable bonds is 4. The number of hydrogen-bond donors (Lipinski definition) is 2. The highest BCUT2D eigenvalue weighted by atomic mass is 16.3. The van der Waals surface area contributed by atoms with Crippen molar-refractivity contribution in [2.24, 2.45) is 17.6 Å². The molecule has 1 amide bonds. The number of likely N-dealkylation sites (tertiary alicyclic amines) is 1. The Morgan fingerprint density at radius 1 is 1.50 bits per heavy atom. The molecule has 0 saturated carbocycles. The van der Waals surface area contributed by atoms with Crippen LogP contribution in [0.15, 0.2) is 0 Å². The monoisotopic (exact) mass is 228 g/mol. The average molecular weight is 228 g/mol. The molecule has 0 aromatic heterocycles. The van der Waals surface area contributed by atoms with Crippen LogP contribution < -0.4 is 5.73 Å². The molecule has 16 heavy (non-hydrogen) atoms. The predicted octanol–water partition coefficient (Wildman–Crippen LogP) is 0.589. The number of aliphatic hydroxyl groups is 1. The van der Waals surface area contributed by atoms with Crippen LogP contribution >= 0.6 is 0 Å². The van der Waals surface area contributed by atoms with Gasteiger partial charge in [0.2, 0.25) is 5.91 Å². The lowest BCUT2D eigenvalue weighted by Crippen LogP contribution is -2.37. The van der Waals surface area contributed by atoms with E-state index in [9.17, 15) is 9.90 Å². The third-order valence-corrected chi connectivity index (χ3v) is 3.53. The van der Waals surface area contributed by atoms with Gasteiger partial charge >= 0.3 is 0 Å². The molecule has 1 rings (SSSR count). The second kappa shape index (κ2) is 5.64. The van der Waals surface area contributed by atoms with Crippen molar-refractivity contribution in [2.75, 3.05) is 13.1 Å². The van der Waals surface area contributed by atoms with Gasteiger partial charge in [-0.2, -0.15) is 0 Å². The average Bonchev–Trinajstić information content (AvgIpc) is 2.65. The van der Waals surface area contributed by atoms with E-state index < -0.39 is 0 Å². The van der Waals surface area contributed by atoms with Crippen LogP contribution in [0.2, 0.25) is 0 Å². The largest absolute Gasteiger partial charge is 0.393 e. The van der Waals surface area contributed by atoms with E-state index in [-0.39, 0.29) is 24.0 Å². The summed E-state index contributed by atoms with van der Waals surface area (Å²) < 4.78 is 0. The summed E-state index contributed by atoms with van der Waals surface area (Å²) in [6, 6.07) is -0.0573. The van der Waals surface area contributed by atoms with Gasteiger partial charge in [0.1, 0.15) is 0 Å². The van der Waals surface area contributed by atoms with Crippen molar-refractivity contribution in [2.45, 2.75) is 45.8 Å². The van der Waals surface area contributed by atoms with Crippen LogP contribution in [0, 0.1) is 11.8 Å². The van der Waals surface area contributed by atoms with E-state index in [4.69, 9.17) is 5.73 Å². The Labute approximate surface area is 97.8 Å². The molecule has 4 heteroatoms. The summed E-state index contributed by atoms with van der Waals surface area (Å²) in [7, 11) is 0. The molecule has 1 saturated heterocycles. The maximum absolute atomic E-state index is 11.9. The fraction of sp³-hybridized carbons (Fsp3) is 0.917. The SMILES string of the molecule is CC(C)C(N)CC(=O)N1CCC(C(C)O)C1. The highest BCUT2D eigenvalue weighted by molar-refractivity contribution is 5.77. The normalized spacial score (nSPS) is 24.9. The molecule has 1 fully saturated rings. The molecule has 0 aromatic carbocycles. The van der Waals surface area contributed by atoms with E-state index in [1.165, 1.54) is 0 Å². The number of carbonyl (C=O) groups is 1. The maximum Gasteiger partial charge on any atom is 0.224 e. The topological polar surface area (TPSA) is 66.6 Å². The smallest absolute Gasteiger partial charge is 0.224 e. The van der Waals surface area contributed by atoms with Gasteiger partial charge in [0.05, 0.1) is 6.10 Å². The number of nitrogens with zero attached hydrogens (tertiary/aromatic N) is 1. The molecule has 0 spiro atoms. The molecule has 4 nitrogen and oxygen atoms in total. The van der Waals surface area contributed by atoms with Crippen LogP contribution in [0.1, 0.15) is 33.6 Å². The molecule has 3 atom stereocenters. The zero-order chi connectivity index (χ0) is 12.3. The first-order chi connectivity index (χ1) is 7.41. The minimum absolute atomic E-state index is 0.0573. The molecule has 1 aliphatic rings. The molecule has 94 valence electrons. The molecule has 0 aliphatic carbocycles. The van der Waals surface area contributed by atoms with E-state index in [1.54, 1.807) is 6.92 Å². The van der Waals surface area contributed by atoms with Crippen LogP contribution in [0.3, 0.4) is 0 Å². The molecule has 1 heterocycles. The highest BCUT2D eigenvalue weighted by Gasteiger charge is 2.29. The van der Waals surface area contributed by atoms with Gasteiger partial charge in [0.25, 0.3) is 0 Å². The summed E-state index contributed by atoms with van der Waals surface area (Å²) in [5.41, 5.74) is 5.88. The highest BCUT2D eigenvalue weighted by Crippen LogP contribution is 2.20. The Morgan fingerprint density at radius 3 is 2.56 bits per heavy atom. The molecule has 3 N–H and O–H groups in total. The van der Waals surface area contributed by atoms with Crippen molar-refractivity contribution in [3.8, 4) is 0 Å². The van der Waals surface area contributed by atoms with E-state index in [0.29, 0.717) is 18.9 Å². The Morgan fingerprint density at radius 2 is 2.12 bits per heavy atom. The first kappa shape index (κ1) is 13.5. The third kappa shape index (κ3) is 3.46. The lowest BCUT2D eigenvalue weighted by atomic mass is 10.0. The summed E-state index contributed by atoms with van der Waals surface area (Å²) in [6.45, 7) is 7.29. The number of hydrogen-bond acceptors (Lipinski definition) is 3. The van der Waals surface area contributed by atoms with Crippen molar-refractivity contribution in [1.82, 2.24) is 4.90 Å². The standard InChI is InChI=1S/C12H24N2O2/c1-8(2)11(13)6-12(16)14-5-4-10(7-14)9(3)15/h8-11,15H,4-7,13H2,1-3H3. The van der Waals surface area contributed by atoms with Gasteiger partial charge < -0.3 is 15.7 Å². The van der Waals surface area contributed by atoms with E-state index >= 15 is 0 Å². The van der Waals surface area contributed by atoms with Crippen LogP contribution in [0.25, 0.3) is 0 Å². The summed E-state index contributed by atoms with van der Waals surface area (Å²) in [5, 5.41) is 9.46. The molecular weight excluding hydrogens is 204 g/mol. The Bertz CT molecular complexity index is 241. The minimum atomic E-state index is -0.323. The third-order valence-electron chi connectivity index (χ3n) is 3.53. The van der Waals surface area contributed by atoms with Gasteiger partial charge in [-0.1, -0.05) is 13.8 Å². The van der Waals surface area contributed by atoms with Crippen LogP contribution in [-0.4, -0.2) is 41.1 Å². The summed E-state index contributed by atoms with van der Waals surface area (Å²) in [6.07, 6.45) is 1.00. The van der Waals surface area contributed by atoms with Gasteiger partial charge in [0.15, 0.2) is 0 Å². The molecular formula is C12H24N2O2. The molecule has 0 radical (unpaired) electrons. The van der Waals surface area contributed by atoms with Gasteiger partial charge in [-0.3, -0.25) is 4.79 Å². The van der Waals surface area contributed by atoms with Gasteiger partial charge in [-0.25, -0.2) is 0 Å². The van der Waals surface area contributed by atoms with E-state index in [0.717, 1.165) is 13.0 Å². The minimum Gasteiger partial charge on any atom is -0.393 e. The first-order valence-corrected chi connectivity index (χ1v) is 6.13. The van der Waals surface area contributed by atoms with Crippen molar-refractivity contribution in [3.63, 3.8) is 0 Å². The van der Waals surface area contributed by atoms with Crippen molar-refractivity contribution < 1.29 is 9.90 Å². The lowest BCUT2D eigenvalue weighted by molar-refractivity contribution is -0.131. The molecule has 3 unspecified atom stereocenters. The maximum atomic E-state index is 11.9. The zero-order valence-electron chi connectivity index (χ0n) is 10.5. The fourth-order valence-electron chi connectivity index (χ4n) is 1.97.